The predicted octanol–water partition coefficient (Wildman–Crippen LogP) is 4.72. The quantitative estimate of drug-likeness (QED) is 0.692. The molecule has 1 N–H and O–H groups in total. The first-order valence-corrected chi connectivity index (χ1v) is 9.18. The third kappa shape index (κ3) is 6.42. The molecule has 0 aliphatic heterocycles. The molecule has 1 amide bonds. The van der Waals surface area contributed by atoms with Gasteiger partial charge in [-0.15, -0.1) is 11.8 Å². The molecule has 1 unspecified atom stereocenters. The number of benzene rings is 2. The minimum Gasteiger partial charge on any atom is -0.496 e. The fourth-order valence-electron chi connectivity index (χ4n) is 2.47. The van der Waals surface area contributed by atoms with Crippen molar-refractivity contribution in [1.29, 1.82) is 0 Å². The Balaban J connectivity index is 1.77. The van der Waals surface area contributed by atoms with Crippen molar-refractivity contribution >= 4 is 17.7 Å². The van der Waals surface area contributed by atoms with Crippen LogP contribution in [-0.4, -0.2) is 18.3 Å². The molecule has 134 valence electrons. The average molecular weight is 361 g/mol. The summed E-state index contributed by atoms with van der Waals surface area (Å²) in [5, 5.41) is 3.23. The predicted molar refractivity (Wildman–Crippen MR) is 101 cm³/mol. The molecule has 0 radical (unpaired) electrons. The van der Waals surface area contributed by atoms with Crippen molar-refractivity contribution in [3.63, 3.8) is 0 Å². The van der Waals surface area contributed by atoms with Gasteiger partial charge in [-0.05, 0) is 43.7 Å². The number of nitrogens with one attached hydrogen (secondary N) is 1. The highest BCUT2D eigenvalue weighted by Gasteiger charge is 2.10. The highest BCUT2D eigenvalue weighted by atomic mass is 32.2. The summed E-state index contributed by atoms with van der Waals surface area (Å²) in [6, 6.07) is 12.4. The van der Waals surface area contributed by atoms with Crippen LogP contribution >= 0.6 is 11.8 Å². The van der Waals surface area contributed by atoms with Crippen LogP contribution in [0.4, 0.5) is 4.39 Å². The van der Waals surface area contributed by atoms with Crippen molar-refractivity contribution in [2.45, 2.75) is 43.4 Å². The van der Waals surface area contributed by atoms with E-state index in [2.05, 4.69) is 12.2 Å². The van der Waals surface area contributed by atoms with Crippen LogP contribution in [0.1, 0.15) is 30.9 Å². The first-order chi connectivity index (χ1) is 12.0. The summed E-state index contributed by atoms with van der Waals surface area (Å²) in [6.07, 6.45) is 1.22. The molecule has 0 fully saturated rings. The van der Waals surface area contributed by atoms with Gasteiger partial charge >= 0.3 is 0 Å². The molecule has 1 atom stereocenters. The number of aryl methyl sites for hydroxylation is 1. The molecule has 0 saturated carbocycles. The Hall–Kier alpha value is -2.01. The van der Waals surface area contributed by atoms with E-state index in [1.165, 1.54) is 12.1 Å². The van der Waals surface area contributed by atoms with E-state index in [9.17, 15) is 9.18 Å². The van der Waals surface area contributed by atoms with Crippen LogP contribution in [0.15, 0.2) is 47.4 Å². The number of amides is 1. The van der Waals surface area contributed by atoms with Gasteiger partial charge in [-0.25, -0.2) is 4.39 Å². The minimum absolute atomic E-state index is 0.0233. The zero-order valence-electron chi connectivity index (χ0n) is 14.8. The number of thioether (sulfide) groups is 1. The van der Waals surface area contributed by atoms with Crippen LogP contribution in [-0.2, 0) is 11.3 Å². The van der Waals surface area contributed by atoms with Gasteiger partial charge in [0.05, 0.1) is 7.11 Å². The second kappa shape index (κ2) is 9.47. The molecule has 5 heteroatoms. The summed E-state index contributed by atoms with van der Waals surface area (Å²) in [7, 11) is 1.63. The molecular formula is C20H24FNO2S. The van der Waals surface area contributed by atoms with Crippen molar-refractivity contribution in [1.82, 2.24) is 5.32 Å². The molecule has 0 saturated heterocycles. The Labute approximate surface area is 153 Å². The van der Waals surface area contributed by atoms with Gasteiger partial charge in [0.15, 0.2) is 0 Å². The maximum atomic E-state index is 12.9. The summed E-state index contributed by atoms with van der Waals surface area (Å²) in [5.74, 6) is 0.573. The van der Waals surface area contributed by atoms with Crippen LogP contribution < -0.4 is 10.1 Å². The van der Waals surface area contributed by atoms with Crippen LogP contribution in [0.25, 0.3) is 0 Å². The Morgan fingerprint density at radius 3 is 2.64 bits per heavy atom. The Morgan fingerprint density at radius 2 is 1.96 bits per heavy atom. The van der Waals surface area contributed by atoms with Crippen molar-refractivity contribution in [2.75, 3.05) is 7.11 Å². The van der Waals surface area contributed by atoms with E-state index in [4.69, 9.17) is 4.74 Å². The van der Waals surface area contributed by atoms with Crippen molar-refractivity contribution in [3.05, 3.63) is 59.4 Å². The highest BCUT2D eigenvalue weighted by Crippen LogP contribution is 2.26. The van der Waals surface area contributed by atoms with Crippen LogP contribution in [0.2, 0.25) is 0 Å². The Kier molecular flexibility index (Phi) is 7.31. The number of hydrogen-bond acceptors (Lipinski definition) is 3. The monoisotopic (exact) mass is 361 g/mol. The lowest BCUT2D eigenvalue weighted by Gasteiger charge is -2.13. The van der Waals surface area contributed by atoms with Crippen molar-refractivity contribution < 1.29 is 13.9 Å². The lowest BCUT2D eigenvalue weighted by Crippen LogP contribution is -2.23. The second-order valence-electron chi connectivity index (χ2n) is 6.01. The molecular weight excluding hydrogens is 337 g/mol. The molecule has 25 heavy (non-hydrogen) atoms. The van der Waals surface area contributed by atoms with Crippen LogP contribution in [0.3, 0.4) is 0 Å². The van der Waals surface area contributed by atoms with Gasteiger partial charge in [0.2, 0.25) is 5.91 Å². The summed E-state index contributed by atoms with van der Waals surface area (Å²) in [4.78, 5) is 13.1. The molecule has 0 heterocycles. The summed E-state index contributed by atoms with van der Waals surface area (Å²) < 4.78 is 18.2. The van der Waals surface area contributed by atoms with Gasteiger partial charge < -0.3 is 10.1 Å². The third-order valence-electron chi connectivity index (χ3n) is 3.84. The Bertz CT molecular complexity index is 703. The van der Waals surface area contributed by atoms with E-state index in [0.29, 0.717) is 13.0 Å². The topological polar surface area (TPSA) is 38.3 Å². The minimum atomic E-state index is -0.233. The van der Waals surface area contributed by atoms with Gasteiger partial charge in [0, 0.05) is 28.7 Å². The van der Waals surface area contributed by atoms with Crippen LogP contribution in [0.5, 0.6) is 5.75 Å². The van der Waals surface area contributed by atoms with E-state index in [0.717, 1.165) is 28.2 Å². The van der Waals surface area contributed by atoms with E-state index in [1.54, 1.807) is 31.0 Å². The molecule has 0 aliphatic carbocycles. The second-order valence-corrected chi connectivity index (χ2v) is 7.52. The van der Waals surface area contributed by atoms with E-state index in [-0.39, 0.29) is 17.0 Å². The number of rotatable bonds is 8. The lowest BCUT2D eigenvalue weighted by molar-refractivity contribution is -0.121. The van der Waals surface area contributed by atoms with E-state index >= 15 is 0 Å². The van der Waals surface area contributed by atoms with Gasteiger partial charge in [0.1, 0.15) is 11.6 Å². The molecule has 2 aromatic rings. The molecule has 0 aliphatic rings. The maximum Gasteiger partial charge on any atom is 0.220 e. The zero-order valence-corrected chi connectivity index (χ0v) is 15.7. The summed E-state index contributed by atoms with van der Waals surface area (Å²) in [6.45, 7) is 4.55. The standard InChI is InChI=1S/C20H24FNO2S/c1-14-4-10-19(24-3)16(12-14)13-22-20(23)11-5-15(2)25-18-8-6-17(21)7-9-18/h4,6-10,12,15H,5,11,13H2,1-3H3,(H,22,23). The number of carbonyl (C=O) groups excluding carboxylic acids is 1. The molecule has 2 aromatic carbocycles. The molecule has 0 spiro atoms. The van der Waals surface area contributed by atoms with Gasteiger partial charge in [-0.2, -0.15) is 0 Å². The highest BCUT2D eigenvalue weighted by molar-refractivity contribution is 7.99. The average Bonchev–Trinajstić information content (AvgIpc) is 2.60. The number of ether oxygens (including phenoxy) is 1. The first kappa shape index (κ1) is 19.3. The first-order valence-electron chi connectivity index (χ1n) is 8.30. The number of hydrogen-bond donors (Lipinski definition) is 1. The van der Waals surface area contributed by atoms with Gasteiger partial charge in [-0.1, -0.05) is 24.6 Å². The third-order valence-corrected chi connectivity index (χ3v) is 5.02. The van der Waals surface area contributed by atoms with Crippen molar-refractivity contribution in [3.8, 4) is 5.75 Å². The molecule has 2 rings (SSSR count). The van der Waals surface area contributed by atoms with Crippen LogP contribution in [0, 0.1) is 12.7 Å². The summed E-state index contributed by atoms with van der Waals surface area (Å²) in [5.41, 5.74) is 2.11. The number of carbonyl (C=O) groups is 1. The fraction of sp³-hybridized carbons (Fsp3) is 0.350. The van der Waals surface area contributed by atoms with E-state index < -0.39 is 0 Å². The fourth-order valence-corrected chi connectivity index (χ4v) is 3.46. The maximum absolute atomic E-state index is 12.9. The van der Waals surface area contributed by atoms with Gasteiger partial charge in [-0.3, -0.25) is 4.79 Å². The van der Waals surface area contributed by atoms with E-state index in [1.807, 2.05) is 25.1 Å². The summed E-state index contributed by atoms with van der Waals surface area (Å²) >= 11 is 1.65. The Morgan fingerprint density at radius 1 is 1.24 bits per heavy atom. The smallest absolute Gasteiger partial charge is 0.220 e. The van der Waals surface area contributed by atoms with Gasteiger partial charge in [0.25, 0.3) is 0 Å². The SMILES string of the molecule is COc1ccc(C)cc1CNC(=O)CCC(C)Sc1ccc(F)cc1. The number of methoxy groups -OCH3 is 1. The molecule has 3 nitrogen and oxygen atoms in total. The number of halogens is 1. The molecule has 0 aromatic heterocycles. The largest absolute Gasteiger partial charge is 0.496 e. The van der Waals surface area contributed by atoms with Crippen molar-refractivity contribution in [2.24, 2.45) is 0 Å². The zero-order chi connectivity index (χ0) is 18.2. The molecule has 0 bridgehead atoms. The lowest BCUT2D eigenvalue weighted by atomic mass is 10.1. The normalized spacial score (nSPS) is 11.8.